The summed E-state index contributed by atoms with van der Waals surface area (Å²) in [4.78, 5) is 15.7. The van der Waals surface area contributed by atoms with Gasteiger partial charge >= 0.3 is 5.97 Å². The van der Waals surface area contributed by atoms with Crippen molar-refractivity contribution in [1.82, 2.24) is 4.98 Å². The molecule has 0 unspecified atom stereocenters. The molecule has 0 saturated carbocycles. The second-order valence-corrected chi connectivity index (χ2v) is 6.05. The Balaban J connectivity index is 1.76. The van der Waals surface area contributed by atoms with Gasteiger partial charge in [0.2, 0.25) is 5.13 Å². The molecule has 1 aromatic heterocycles. The van der Waals surface area contributed by atoms with Crippen molar-refractivity contribution < 1.29 is 9.90 Å². The Hall–Kier alpha value is -2.70. The number of rotatable bonds is 5. The van der Waals surface area contributed by atoms with Gasteiger partial charge in [-0.3, -0.25) is 5.43 Å². The Kier molecular flexibility index (Phi) is 4.88. The summed E-state index contributed by atoms with van der Waals surface area (Å²) in [6, 6.07) is 14.5. The van der Waals surface area contributed by atoms with E-state index in [1.54, 1.807) is 12.1 Å². The second kappa shape index (κ2) is 7.25. The number of anilines is 1. The van der Waals surface area contributed by atoms with Crippen molar-refractivity contribution in [2.45, 2.75) is 0 Å². The predicted octanol–water partition coefficient (Wildman–Crippen LogP) is 4.61. The Morgan fingerprint density at radius 3 is 2.75 bits per heavy atom. The maximum atomic E-state index is 11.2. The molecule has 3 rings (SSSR count). The Labute approximate surface area is 147 Å². The number of benzene rings is 2. The van der Waals surface area contributed by atoms with Crippen molar-refractivity contribution in [1.29, 1.82) is 0 Å². The fourth-order valence-corrected chi connectivity index (χ4v) is 2.97. The highest BCUT2D eigenvalue weighted by atomic mass is 35.5. The third-order valence-electron chi connectivity index (χ3n) is 3.21. The zero-order valence-electron chi connectivity index (χ0n) is 12.3. The van der Waals surface area contributed by atoms with Gasteiger partial charge in [-0.25, -0.2) is 9.78 Å². The number of hydrogen-bond donors (Lipinski definition) is 2. The van der Waals surface area contributed by atoms with Crippen LogP contribution in [0.25, 0.3) is 11.3 Å². The molecule has 0 aliphatic heterocycles. The molecule has 5 nitrogen and oxygen atoms in total. The molecule has 2 N–H and O–H groups in total. The first-order chi connectivity index (χ1) is 11.6. The van der Waals surface area contributed by atoms with E-state index < -0.39 is 5.97 Å². The fourth-order valence-electron chi connectivity index (χ4n) is 2.07. The van der Waals surface area contributed by atoms with Gasteiger partial charge in [-0.2, -0.15) is 5.10 Å². The van der Waals surface area contributed by atoms with E-state index >= 15 is 0 Å². The molecule has 0 radical (unpaired) electrons. The van der Waals surface area contributed by atoms with Crippen molar-refractivity contribution in [3.63, 3.8) is 0 Å². The van der Waals surface area contributed by atoms with Gasteiger partial charge in [0.1, 0.15) is 0 Å². The van der Waals surface area contributed by atoms with Crippen LogP contribution in [0.3, 0.4) is 0 Å². The van der Waals surface area contributed by atoms with E-state index in [-0.39, 0.29) is 5.56 Å². The lowest BCUT2D eigenvalue weighted by Crippen LogP contribution is -2.03. The molecule has 24 heavy (non-hydrogen) atoms. The number of nitrogens with zero attached hydrogens (tertiary/aromatic N) is 2. The molecule has 120 valence electrons. The van der Waals surface area contributed by atoms with Crippen molar-refractivity contribution in [3.05, 3.63) is 70.1 Å². The first-order valence-corrected chi connectivity index (χ1v) is 8.23. The van der Waals surface area contributed by atoms with E-state index in [4.69, 9.17) is 11.6 Å². The summed E-state index contributed by atoms with van der Waals surface area (Å²) in [6.07, 6.45) is 1.38. The zero-order valence-corrected chi connectivity index (χ0v) is 13.9. The molecule has 0 bridgehead atoms. The van der Waals surface area contributed by atoms with E-state index in [2.05, 4.69) is 15.5 Å². The summed E-state index contributed by atoms with van der Waals surface area (Å²) in [7, 11) is 0. The highest BCUT2D eigenvalue weighted by molar-refractivity contribution is 7.14. The molecule has 0 aliphatic rings. The largest absolute Gasteiger partial charge is 0.478 e. The van der Waals surface area contributed by atoms with Crippen molar-refractivity contribution in [3.8, 4) is 11.3 Å². The number of halogens is 1. The quantitative estimate of drug-likeness (QED) is 0.516. The Morgan fingerprint density at radius 2 is 2.00 bits per heavy atom. The molecule has 0 aliphatic carbocycles. The zero-order chi connectivity index (χ0) is 16.9. The summed E-state index contributed by atoms with van der Waals surface area (Å²) >= 11 is 7.45. The van der Waals surface area contributed by atoms with E-state index in [0.717, 1.165) is 11.3 Å². The van der Waals surface area contributed by atoms with Crippen LogP contribution in [-0.4, -0.2) is 22.3 Å². The maximum Gasteiger partial charge on any atom is 0.336 e. The van der Waals surface area contributed by atoms with Gasteiger partial charge in [0.25, 0.3) is 0 Å². The summed E-state index contributed by atoms with van der Waals surface area (Å²) in [5.74, 6) is -1.06. The molecule has 1 heterocycles. The van der Waals surface area contributed by atoms with Crippen molar-refractivity contribution >= 4 is 40.3 Å². The number of hydrazone groups is 1. The summed E-state index contributed by atoms with van der Waals surface area (Å²) in [6.45, 7) is 0. The maximum absolute atomic E-state index is 11.2. The first-order valence-electron chi connectivity index (χ1n) is 6.97. The molecule has 0 saturated heterocycles. The van der Waals surface area contributed by atoms with Gasteiger partial charge in [0.15, 0.2) is 0 Å². The van der Waals surface area contributed by atoms with E-state index in [0.29, 0.717) is 15.7 Å². The van der Waals surface area contributed by atoms with Gasteiger partial charge in [0.05, 0.1) is 22.5 Å². The molecule has 0 atom stereocenters. The third kappa shape index (κ3) is 3.61. The summed E-state index contributed by atoms with van der Waals surface area (Å²) in [5.41, 5.74) is 5.11. The van der Waals surface area contributed by atoms with Crippen molar-refractivity contribution in [2.75, 3.05) is 5.43 Å². The van der Waals surface area contributed by atoms with Gasteiger partial charge in [0, 0.05) is 16.5 Å². The van der Waals surface area contributed by atoms with Crippen LogP contribution >= 0.6 is 22.9 Å². The molecule has 2 aromatic carbocycles. The number of carboxylic acid groups (broad SMARTS) is 1. The minimum Gasteiger partial charge on any atom is -0.478 e. The van der Waals surface area contributed by atoms with E-state index in [9.17, 15) is 9.90 Å². The molecule has 7 heteroatoms. The Bertz CT molecular complexity index is 894. The molecular weight excluding hydrogens is 346 g/mol. The normalized spacial score (nSPS) is 10.9. The summed E-state index contributed by atoms with van der Waals surface area (Å²) < 4.78 is 0. The van der Waals surface area contributed by atoms with Crippen molar-refractivity contribution in [2.24, 2.45) is 5.10 Å². The minimum atomic E-state index is -1.06. The number of nitrogens with one attached hydrogen (secondary N) is 1. The SMILES string of the molecule is O=C(O)c1cccc(Cl)c1C=NNc1nc(-c2ccccc2)cs1. The topological polar surface area (TPSA) is 74.6 Å². The van der Waals surface area contributed by atoms with E-state index in [1.165, 1.54) is 23.6 Å². The monoisotopic (exact) mass is 357 g/mol. The van der Waals surface area contributed by atoms with Gasteiger partial charge < -0.3 is 5.11 Å². The Morgan fingerprint density at radius 1 is 1.21 bits per heavy atom. The third-order valence-corrected chi connectivity index (χ3v) is 4.29. The molecule has 0 spiro atoms. The van der Waals surface area contributed by atoms with Crippen LogP contribution < -0.4 is 5.43 Å². The number of carbonyl (C=O) groups is 1. The second-order valence-electron chi connectivity index (χ2n) is 4.78. The highest BCUT2D eigenvalue weighted by Gasteiger charge is 2.11. The van der Waals surface area contributed by atoms with Crippen LogP contribution in [0.5, 0.6) is 0 Å². The number of aromatic carboxylic acids is 1. The number of aromatic nitrogens is 1. The van der Waals surface area contributed by atoms with Crippen LogP contribution in [0, 0.1) is 0 Å². The van der Waals surface area contributed by atoms with E-state index in [1.807, 2.05) is 35.7 Å². The first kappa shape index (κ1) is 16.2. The lowest BCUT2D eigenvalue weighted by molar-refractivity contribution is 0.0697. The molecule has 0 fully saturated rings. The van der Waals surface area contributed by atoms with Gasteiger partial charge in [-0.15, -0.1) is 11.3 Å². The minimum absolute atomic E-state index is 0.0946. The van der Waals surface area contributed by atoms with Crippen LogP contribution in [0.1, 0.15) is 15.9 Å². The van der Waals surface area contributed by atoms with Crippen LogP contribution in [0.4, 0.5) is 5.13 Å². The lowest BCUT2D eigenvalue weighted by Gasteiger charge is -2.02. The lowest BCUT2D eigenvalue weighted by atomic mass is 10.1. The average Bonchev–Trinajstić information content (AvgIpc) is 3.06. The highest BCUT2D eigenvalue weighted by Crippen LogP contribution is 2.24. The number of thiazole rings is 1. The van der Waals surface area contributed by atoms with Gasteiger partial charge in [-0.05, 0) is 12.1 Å². The molecule has 3 aromatic rings. The summed E-state index contributed by atoms with van der Waals surface area (Å²) in [5, 5.41) is 16.1. The number of carboxylic acids is 1. The smallest absolute Gasteiger partial charge is 0.336 e. The van der Waals surface area contributed by atoms with Gasteiger partial charge in [-0.1, -0.05) is 48.0 Å². The van der Waals surface area contributed by atoms with Crippen LogP contribution in [0.15, 0.2) is 59.0 Å². The average molecular weight is 358 g/mol. The van der Waals surface area contributed by atoms with Crippen LogP contribution in [-0.2, 0) is 0 Å². The van der Waals surface area contributed by atoms with Crippen LogP contribution in [0.2, 0.25) is 5.02 Å². The number of hydrogen-bond acceptors (Lipinski definition) is 5. The predicted molar refractivity (Wildman–Crippen MR) is 97.2 cm³/mol. The molecular formula is C17H12ClN3O2S. The fraction of sp³-hybridized carbons (Fsp3) is 0. The molecule has 0 amide bonds. The standard InChI is InChI=1S/C17H12ClN3O2S/c18-14-8-4-7-12(16(22)23)13(14)9-19-21-17-20-15(10-24-17)11-5-2-1-3-6-11/h1-10H,(H,20,21)(H,22,23).